The molecular weight excluding hydrogens is 328 g/mol. The van der Waals surface area contributed by atoms with Gasteiger partial charge in [0.1, 0.15) is 0 Å². The minimum atomic E-state index is -0.921. The summed E-state index contributed by atoms with van der Waals surface area (Å²) in [5.74, 6) is -2.50. The van der Waals surface area contributed by atoms with E-state index < -0.39 is 23.3 Å². The van der Waals surface area contributed by atoms with Crippen molar-refractivity contribution in [2.45, 2.75) is 40.7 Å². The molecule has 0 aromatic heterocycles. The summed E-state index contributed by atoms with van der Waals surface area (Å²) >= 11 is 0. The fraction of sp³-hybridized carbons (Fsp3) is 0.786. The Kier molecular flexibility index (Phi) is 24.3. The van der Waals surface area contributed by atoms with Crippen LogP contribution in [0.15, 0.2) is 0 Å². The minimum Gasteiger partial charge on any atom is -0.481 e. The first-order valence-electron chi connectivity index (χ1n) is 6.89. The van der Waals surface area contributed by atoms with Crippen LogP contribution in [0.3, 0.4) is 0 Å². The van der Waals surface area contributed by atoms with E-state index in [0.29, 0.717) is 6.61 Å². The molecule has 0 saturated heterocycles. The fourth-order valence-electron chi connectivity index (χ4n) is 0.962. The highest BCUT2D eigenvalue weighted by molar-refractivity contribution is 5.63. The van der Waals surface area contributed by atoms with Crippen molar-refractivity contribution in [3.05, 3.63) is 0 Å². The van der Waals surface area contributed by atoms with Crippen molar-refractivity contribution in [1.82, 2.24) is 0 Å². The molecule has 146 valence electrons. The molecule has 6 N–H and O–H groups in total. The van der Waals surface area contributed by atoms with Gasteiger partial charge in [-0.2, -0.15) is 0 Å². The van der Waals surface area contributed by atoms with Crippen molar-refractivity contribution in [3.63, 3.8) is 0 Å². The van der Waals surface area contributed by atoms with Crippen molar-refractivity contribution < 1.29 is 49.8 Å². The summed E-state index contributed by atoms with van der Waals surface area (Å²) in [6, 6.07) is 0. The monoisotopic (exact) mass is 358 g/mol. The van der Waals surface area contributed by atoms with Crippen LogP contribution in [0.4, 0.5) is 0 Å². The molecule has 10 heteroatoms. The molecule has 0 aliphatic rings. The van der Waals surface area contributed by atoms with Crippen LogP contribution in [0.5, 0.6) is 0 Å². The highest BCUT2D eigenvalue weighted by Gasteiger charge is 2.35. The maximum atomic E-state index is 9.00. The molecule has 0 aromatic carbocycles. The topological polar surface area (TPSA) is 182 Å². The van der Waals surface area contributed by atoms with Gasteiger partial charge in [-0.25, -0.2) is 0 Å². The summed E-state index contributed by atoms with van der Waals surface area (Å²) in [5.41, 5.74) is -0.921. The number of ether oxygens (including phenoxy) is 1. The lowest BCUT2D eigenvalue weighted by Crippen LogP contribution is -2.45. The smallest absolute Gasteiger partial charge is 0.300 e. The van der Waals surface area contributed by atoms with Crippen molar-refractivity contribution in [1.29, 1.82) is 0 Å². The van der Waals surface area contributed by atoms with E-state index in [0.717, 1.165) is 20.8 Å². The molecule has 24 heavy (non-hydrogen) atoms. The largest absolute Gasteiger partial charge is 0.481 e. The SMILES string of the molecule is CC(=O)O.CC(=O)O.CC(=O)O.CCOC(C)C(CO)(CO)CO. The number of hydrogen-bond donors (Lipinski definition) is 6. The van der Waals surface area contributed by atoms with Crippen LogP contribution in [0.25, 0.3) is 0 Å². The third kappa shape index (κ3) is 28.4. The first-order chi connectivity index (χ1) is 10.9. The Morgan fingerprint density at radius 3 is 1.17 bits per heavy atom. The normalized spacial score (nSPS) is 10.5. The van der Waals surface area contributed by atoms with Gasteiger partial charge in [0, 0.05) is 27.4 Å². The molecule has 0 radical (unpaired) electrons. The zero-order chi connectivity index (χ0) is 20.3. The Hall–Kier alpha value is -1.75. The van der Waals surface area contributed by atoms with Gasteiger partial charge in [0.05, 0.1) is 31.3 Å². The van der Waals surface area contributed by atoms with Gasteiger partial charge in [0.2, 0.25) is 0 Å². The number of carboxylic acids is 3. The van der Waals surface area contributed by atoms with Gasteiger partial charge >= 0.3 is 0 Å². The van der Waals surface area contributed by atoms with Crippen LogP contribution < -0.4 is 0 Å². The molecule has 1 atom stereocenters. The van der Waals surface area contributed by atoms with Crippen molar-refractivity contribution >= 4 is 17.9 Å². The number of aliphatic carboxylic acids is 3. The maximum absolute atomic E-state index is 9.00. The van der Waals surface area contributed by atoms with Crippen LogP contribution >= 0.6 is 0 Å². The van der Waals surface area contributed by atoms with Crippen molar-refractivity contribution in [3.8, 4) is 0 Å². The van der Waals surface area contributed by atoms with Crippen LogP contribution in [0.2, 0.25) is 0 Å². The molecule has 0 rings (SSSR count). The Balaban J connectivity index is -0.000000137. The second kappa shape index (κ2) is 19.3. The number of rotatable bonds is 6. The van der Waals surface area contributed by atoms with Gasteiger partial charge in [0.15, 0.2) is 0 Å². The summed E-state index contributed by atoms with van der Waals surface area (Å²) < 4.78 is 5.20. The summed E-state index contributed by atoms with van der Waals surface area (Å²) in [6.07, 6.45) is -0.345. The average Bonchev–Trinajstić information content (AvgIpc) is 2.39. The van der Waals surface area contributed by atoms with Gasteiger partial charge in [-0.3, -0.25) is 14.4 Å². The number of carboxylic acid groups (broad SMARTS) is 3. The van der Waals surface area contributed by atoms with E-state index in [9.17, 15) is 0 Å². The lowest BCUT2D eigenvalue weighted by Gasteiger charge is -2.33. The minimum absolute atomic E-state index is 0.277. The van der Waals surface area contributed by atoms with E-state index in [-0.39, 0.29) is 25.9 Å². The van der Waals surface area contributed by atoms with Gasteiger partial charge in [-0.05, 0) is 13.8 Å². The highest BCUT2D eigenvalue weighted by Crippen LogP contribution is 2.22. The molecule has 10 nitrogen and oxygen atoms in total. The molecule has 0 spiro atoms. The molecule has 0 fully saturated rings. The third-order valence-electron chi connectivity index (χ3n) is 2.22. The van der Waals surface area contributed by atoms with E-state index in [1.165, 1.54) is 0 Å². The van der Waals surface area contributed by atoms with E-state index in [4.69, 9.17) is 49.8 Å². The van der Waals surface area contributed by atoms with Gasteiger partial charge < -0.3 is 35.4 Å². The predicted molar refractivity (Wildman–Crippen MR) is 84.7 cm³/mol. The van der Waals surface area contributed by atoms with E-state index in [1.807, 2.05) is 6.92 Å². The van der Waals surface area contributed by atoms with Crippen molar-refractivity contribution in [2.75, 3.05) is 26.4 Å². The molecular formula is C14H30O10. The standard InChI is InChI=1S/C8H18O4.3C2H4O2/c1-3-12-7(2)8(4-9,5-10)6-11;3*1-2(3)4/h7,9-11H,3-6H2,1-2H3;3*1H3,(H,3,4). The van der Waals surface area contributed by atoms with Gasteiger partial charge in [-0.15, -0.1) is 0 Å². The number of aliphatic hydroxyl groups excluding tert-OH is 3. The Morgan fingerprint density at radius 1 is 0.833 bits per heavy atom. The fourth-order valence-corrected chi connectivity index (χ4v) is 0.962. The Morgan fingerprint density at radius 2 is 1.04 bits per heavy atom. The summed E-state index contributed by atoms with van der Waals surface area (Å²) in [5, 5.41) is 49.2. The quantitative estimate of drug-likeness (QED) is 0.367. The highest BCUT2D eigenvalue weighted by atomic mass is 16.5. The van der Waals surface area contributed by atoms with Crippen molar-refractivity contribution in [2.24, 2.45) is 5.41 Å². The maximum Gasteiger partial charge on any atom is 0.300 e. The van der Waals surface area contributed by atoms with Crippen LogP contribution in [0, 0.1) is 5.41 Å². The Labute approximate surface area is 141 Å². The lowest BCUT2D eigenvalue weighted by atomic mass is 9.85. The average molecular weight is 358 g/mol. The molecule has 0 aliphatic heterocycles. The van der Waals surface area contributed by atoms with E-state index in [2.05, 4.69) is 0 Å². The predicted octanol–water partition coefficient (Wildman–Crippen LogP) is -0.353. The zero-order valence-corrected chi connectivity index (χ0v) is 14.7. The second-order valence-corrected chi connectivity index (χ2v) is 4.49. The molecule has 0 aromatic rings. The first kappa shape index (κ1) is 30.2. The second-order valence-electron chi connectivity index (χ2n) is 4.49. The number of hydrogen-bond acceptors (Lipinski definition) is 7. The third-order valence-corrected chi connectivity index (χ3v) is 2.22. The van der Waals surface area contributed by atoms with E-state index in [1.54, 1.807) is 6.92 Å². The summed E-state index contributed by atoms with van der Waals surface area (Å²) in [7, 11) is 0. The molecule has 0 aliphatic carbocycles. The first-order valence-corrected chi connectivity index (χ1v) is 6.89. The van der Waals surface area contributed by atoms with Crippen LogP contribution in [-0.4, -0.2) is 81.1 Å². The van der Waals surface area contributed by atoms with Crippen LogP contribution in [-0.2, 0) is 19.1 Å². The number of carbonyl (C=O) groups is 3. The lowest BCUT2D eigenvalue weighted by molar-refractivity contribution is -0.135. The zero-order valence-electron chi connectivity index (χ0n) is 14.7. The molecule has 0 amide bonds. The number of aliphatic hydroxyl groups is 3. The van der Waals surface area contributed by atoms with Gasteiger partial charge in [-0.1, -0.05) is 0 Å². The molecule has 0 saturated carbocycles. The van der Waals surface area contributed by atoms with Gasteiger partial charge in [0.25, 0.3) is 17.9 Å². The summed E-state index contributed by atoms with van der Waals surface area (Å²) in [4.78, 5) is 27.0. The molecule has 0 bridgehead atoms. The van der Waals surface area contributed by atoms with Crippen LogP contribution in [0.1, 0.15) is 34.6 Å². The molecule has 1 unspecified atom stereocenters. The molecule has 0 heterocycles. The Bertz CT molecular complexity index is 277. The summed E-state index contributed by atoms with van der Waals surface area (Å²) in [6.45, 7) is 6.48. The van der Waals surface area contributed by atoms with E-state index >= 15 is 0 Å².